The standard InChI is InChI=1S/C18H38O/c1-5-6-7-8-9-10-11-12-13-14-15-16-17(19)18(2,3)4/h17,19H,5-16H2,1-4H3. The maximum Gasteiger partial charge on any atom is 0.0588 e. The van der Waals surface area contributed by atoms with E-state index in [-0.39, 0.29) is 11.5 Å². The largest absolute Gasteiger partial charge is 0.393 e. The van der Waals surface area contributed by atoms with E-state index in [1.807, 2.05) is 0 Å². The number of hydrogen-bond donors (Lipinski definition) is 1. The fraction of sp³-hybridized carbons (Fsp3) is 1.00. The summed E-state index contributed by atoms with van der Waals surface area (Å²) in [5.74, 6) is 0. The van der Waals surface area contributed by atoms with E-state index < -0.39 is 0 Å². The Labute approximate surface area is 122 Å². The highest BCUT2D eigenvalue weighted by Gasteiger charge is 2.20. The summed E-state index contributed by atoms with van der Waals surface area (Å²) < 4.78 is 0. The molecule has 0 aliphatic carbocycles. The highest BCUT2D eigenvalue weighted by Crippen LogP contribution is 2.23. The SMILES string of the molecule is CCCCCCCCCCCCCC(O)C(C)(C)C. The van der Waals surface area contributed by atoms with Crippen molar-refractivity contribution in [2.75, 3.05) is 0 Å². The quantitative estimate of drug-likeness (QED) is 0.425. The molecule has 116 valence electrons. The summed E-state index contributed by atoms with van der Waals surface area (Å²) in [4.78, 5) is 0. The van der Waals surface area contributed by atoms with Gasteiger partial charge in [-0.25, -0.2) is 0 Å². The predicted octanol–water partition coefficient (Wildman–Crippen LogP) is 6.09. The summed E-state index contributed by atoms with van der Waals surface area (Å²) in [5, 5.41) is 9.93. The molecule has 0 amide bonds. The Bertz CT molecular complexity index is 181. The summed E-state index contributed by atoms with van der Waals surface area (Å²) in [5.41, 5.74) is 0.0541. The number of rotatable bonds is 12. The lowest BCUT2D eigenvalue weighted by atomic mass is 9.86. The summed E-state index contributed by atoms with van der Waals surface area (Å²) >= 11 is 0. The van der Waals surface area contributed by atoms with Gasteiger partial charge in [0.05, 0.1) is 6.10 Å². The zero-order valence-corrected chi connectivity index (χ0v) is 14.0. The summed E-state index contributed by atoms with van der Waals surface area (Å²) in [6.45, 7) is 8.64. The predicted molar refractivity (Wildman–Crippen MR) is 86.5 cm³/mol. The molecule has 0 spiro atoms. The van der Waals surface area contributed by atoms with Crippen molar-refractivity contribution < 1.29 is 5.11 Å². The zero-order chi connectivity index (χ0) is 14.6. The second-order valence-corrected chi connectivity index (χ2v) is 7.21. The summed E-state index contributed by atoms with van der Waals surface area (Å²) in [6.07, 6.45) is 16.0. The molecule has 0 saturated carbocycles. The lowest BCUT2D eigenvalue weighted by molar-refractivity contribution is 0.0533. The van der Waals surface area contributed by atoms with Gasteiger partial charge in [0, 0.05) is 0 Å². The van der Waals surface area contributed by atoms with Gasteiger partial charge < -0.3 is 5.11 Å². The van der Waals surface area contributed by atoms with Crippen molar-refractivity contribution in [1.29, 1.82) is 0 Å². The molecule has 1 atom stereocenters. The van der Waals surface area contributed by atoms with Gasteiger partial charge >= 0.3 is 0 Å². The fourth-order valence-corrected chi connectivity index (χ4v) is 2.43. The van der Waals surface area contributed by atoms with E-state index in [1.54, 1.807) is 0 Å². The number of hydrogen-bond acceptors (Lipinski definition) is 1. The Balaban J connectivity index is 3.15. The van der Waals surface area contributed by atoms with Crippen LogP contribution in [-0.2, 0) is 0 Å². The van der Waals surface area contributed by atoms with Crippen LogP contribution in [0.2, 0.25) is 0 Å². The third-order valence-electron chi connectivity index (χ3n) is 4.08. The molecule has 1 unspecified atom stereocenters. The second-order valence-electron chi connectivity index (χ2n) is 7.21. The van der Waals surface area contributed by atoms with E-state index in [0.717, 1.165) is 6.42 Å². The van der Waals surface area contributed by atoms with Gasteiger partial charge in [-0.2, -0.15) is 0 Å². The normalized spacial score (nSPS) is 13.7. The monoisotopic (exact) mass is 270 g/mol. The fourth-order valence-electron chi connectivity index (χ4n) is 2.43. The average molecular weight is 271 g/mol. The zero-order valence-electron chi connectivity index (χ0n) is 14.0. The Morgan fingerprint density at radius 3 is 1.42 bits per heavy atom. The van der Waals surface area contributed by atoms with Crippen LogP contribution in [0.3, 0.4) is 0 Å². The molecule has 1 nitrogen and oxygen atoms in total. The van der Waals surface area contributed by atoms with Crippen LogP contribution in [0.1, 0.15) is 105 Å². The molecule has 1 heteroatoms. The summed E-state index contributed by atoms with van der Waals surface area (Å²) in [6, 6.07) is 0. The second kappa shape index (κ2) is 11.8. The molecule has 0 radical (unpaired) electrons. The van der Waals surface area contributed by atoms with Crippen LogP contribution in [0.15, 0.2) is 0 Å². The van der Waals surface area contributed by atoms with E-state index in [2.05, 4.69) is 27.7 Å². The minimum atomic E-state index is -0.133. The Morgan fingerprint density at radius 2 is 1.05 bits per heavy atom. The van der Waals surface area contributed by atoms with Crippen molar-refractivity contribution in [2.24, 2.45) is 5.41 Å². The molecular formula is C18H38O. The molecule has 0 bridgehead atoms. The molecule has 19 heavy (non-hydrogen) atoms. The molecule has 0 aromatic heterocycles. The van der Waals surface area contributed by atoms with E-state index in [4.69, 9.17) is 0 Å². The molecule has 0 aliphatic rings. The first-order valence-electron chi connectivity index (χ1n) is 8.66. The minimum Gasteiger partial charge on any atom is -0.393 e. The van der Waals surface area contributed by atoms with Crippen molar-refractivity contribution in [3.8, 4) is 0 Å². The maximum atomic E-state index is 9.93. The Morgan fingerprint density at radius 1 is 0.684 bits per heavy atom. The van der Waals surface area contributed by atoms with Gasteiger partial charge in [-0.15, -0.1) is 0 Å². The van der Waals surface area contributed by atoms with Crippen molar-refractivity contribution >= 4 is 0 Å². The first kappa shape index (κ1) is 19.0. The van der Waals surface area contributed by atoms with Gasteiger partial charge in [0.2, 0.25) is 0 Å². The number of unbranched alkanes of at least 4 members (excludes halogenated alkanes) is 10. The van der Waals surface area contributed by atoms with E-state index >= 15 is 0 Å². The topological polar surface area (TPSA) is 20.2 Å². The first-order valence-corrected chi connectivity index (χ1v) is 8.66. The highest BCUT2D eigenvalue weighted by atomic mass is 16.3. The van der Waals surface area contributed by atoms with Crippen LogP contribution in [-0.4, -0.2) is 11.2 Å². The van der Waals surface area contributed by atoms with E-state index in [0.29, 0.717) is 0 Å². The Hall–Kier alpha value is -0.0400. The van der Waals surface area contributed by atoms with Crippen LogP contribution in [0.5, 0.6) is 0 Å². The van der Waals surface area contributed by atoms with Crippen molar-refractivity contribution in [3.05, 3.63) is 0 Å². The Kier molecular flexibility index (Phi) is 11.7. The van der Waals surface area contributed by atoms with Crippen LogP contribution < -0.4 is 0 Å². The van der Waals surface area contributed by atoms with Crippen molar-refractivity contribution in [1.82, 2.24) is 0 Å². The molecule has 0 aliphatic heterocycles. The molecule has 0 aromatic rings. The maximum absolute atomic E-state index is 9.93. The molecule has 0 saturated heterocycles. The number of aliphatic hydroxyl groups excluding tert-OH is 1. The van der Waals surface area contributed by atoms with Gasteiger partial charge in [0.25, 0.3) is 0 Å². The highest BCUT2D eigenvalue weighted by molar-refractivity contribution is 4.72. The van der Waals surface area contributed by atoms with Gasteiger partial charge in [-0.05, 0) is 11.8 Å². The van der Waals surface area contributed by atoms with E-state index in [1.165, 1.54) is 70.6 Å². The lowest BCUT2D eigenvalue weighted by Crippen LogP contribution is -2.25. The third-order valence-corrected chi connectivity index (χ3v) is 4.08. The minimum absolute atomic E-state index is 0.0541. The van der Waals surface area contributed by atoms with E-state index in [9.17, 15) is 5.11 Å². The van der Waals surface area contributed by atoms with Crippen LogP contribution in [0.4, 0.5) is 0 Å². The van der Waals surface area contributed by atoms with Crippen LogP contribution in [0, 0.1) is 5.41 Å². The third kappa shape index (κ3) is 12.7. The molecular weight excluding hydrogens is 232 g/mol. The lowest BCUT2D eigenvalue weighted by Gasteiger charge is -2.25. The molecule has 0 heterocycles. The summed E-state index contributed by atoms with van der Waals surface area (Å²) in [7, 11) is 0. The molecule has 0 fully saturated rings. The van der Waals surface area contributed by atoms with Crippen molar-refractivity contribution in [2.45, 2.75) is 111 Å². The smallest absolute Gasteiger partial charge is 0.0588 e. The molecule has 1 N–H and O–H groups in total. The first-order chi connectivity index (χ1) is 8.98. The van der Waals surface area contributed by atoms with Crippen LogP contribution in [0.25, 0.3) is 0 Å². The van der Waals surface area contributed by atoms with Gasteiger partial charge in [0.15, 0.2) is 0 Å². The van der Waals surface area contributed by atoms with Gasteiger partial charge in [-0.1, -0.05) is 98.3 Å². The molecule has 0 aromatic carbocycles. The van der Waals surface area contributed by atoms with Gasteiger partial charge in [-0.3, -0.25) is 0 Å². The number of aliphatic hydroxyl groups is 1. The van der Waals surface area contributed by atoms with Gasteiger partial charge in [0.1, 0.15) is 0 Å². The average Bonchev–Trinajstić information content (AvgIpc) is 2.34. The van der Waals surface area contributed by atoms with Crippen LogP contribution >= 0.6 is 0 Å². The van der Waals surface area contributed by atoms with Crippen molar-refractivity contribution in [3.63, 3.8) is 0 Å². The molecule has 0 rings (SSSR count).